The van der Waals surface area contributed by atoms with E-state index in [0.29, 0.717) is 54.8 Å². The van der Waals surface area contributed by atoms with Crippen molar-refractivity contribution in [3.63, 3.8) is 0 Å². The summed E-state index contributed by atoms with van der Waals surface area (Å²) in [6.45, 7) is 7.41. The smallest absolute Gasteiger partial charge is 0.255 e. The molecule has 4 atom stereocenters. The van der Waals surface area contributed by atoms with Crippen LogP contribution in [0.15, 0.2) is 122 Å². The Hall–Kier alpha value is -5.93. The zero-order chi connectivity index (χ0) is 38.2. The van der Waals surface area contributed by atoms with E-state index >= 15 is 0 Å². The lowest BCUT2D eigenvalue weighted by atomic mass is 9.69. The average Bonchev–Trinajstić information content (AvgIpc) is 3.81. The molecule has 0 bridgehead atoms. The van der Waals surface area contributed by atoms with Crippen LogP contribution in [0.4, 0.5) is 0 Å². The van der Waals surface area contributed by atoms with Crippen molar-refractivity contribution >= 4 is 11.8 Å². The summed E-state index contributed by atoms with van der Waals surface area (Å²) in [5.74, 6) is 2.09. The zero-order valence-corrected chi connectivity index (χ0v) is 31.4. The molecule has 2 fully saturated rings. The Morgan fingerprint density at radius 2 is 1.68 bits per heavy atom. The van der Waals surface area contributed by atoms with Crippen molar-refractivity contribution < 1.29 is 24.2 Å². The number of hydrogen-bond acceptors (Lipinski definition) is 7. The Labute approximate surface area is 327 Å². The van der Waals surface area contributed by atoms with Crippen LogP contribution in [0.3, 0.4) is 0 Å². The second-order valence-electron chi connectivity index (χ2n) is 15.5. The number of nitrogens with zero attached hydrogens (tertiary/aromatic N) is 3. The molecular weight excluding hydrogens is 701 g/mol. The molecule has 4 aromatic carbocycles. The number of hydrogen-bond donors (Lipinski definition) is 2. The number of phenols is 1. The molecule has 0 saturated carbocycles. The second-order valence-corrected chi connectivity index (χ2v) is 15.5. The van der Waals surface area contributed by atoms with Crippen LogP contribution in [-0.4, -0.2) is 70.1 Å². The van der Waals surface area contributed by atoms with Gasteiger partial charge >= 0.3 is 0 Å². The maximum atomic E-state index is 13.2. The molecule has 4 aliphatic rings. The number of likely N-dealkylation sites (tertiary alicyclic amines) is 1. The Kier molecular flexibility index (Phi) is 9.77. The number of fused-ring (bicyclic) bond motifs is 2. The molecule has 0 spiro atoms. The van der Waals surface area contributed by atoms with Crippen molar-refractivity contribution in [1.82, 2.24) is 20.1 Å². The number of aromatic nitrogens is 1. The van der Waals surface area contributed by atoms with Crippen LogP contribution in [0.5, 0.6) is 17.4 Å². The van der Waals surface area contributed by atoms with E-state index in [1.807, 2.05) is 48.7 Å². The predicted octanol–water partition coefficient (Wildman–Crippen LogP) is 7.60. The zero-order valence-electron chi connectivity index (χ0n) is 31.4. The highest BCUT2D eigenvalue weighted by molar-refractivity contribution is 6.02. The molecular formula is C47H46N4O5. The van der Waals surface area contributed by atoms with Crippen LogP contribution in [0.1, 0.15) is 75.7 Å². The van der Waals surface area contributed by atoms with Gasteiger partial charge in [-0.2, -0.15) is 0 Å². The Morgan fingerprint density at radius 3 is 2.48 bits per heavy atom. The maximum Gasteiger partial charge on any atom is 0.255 e. The summed E-state index contributed by atoms with van der Waals surface area (Å²) >= 11 is 0. The number of allylic oxidation sites excluding steroid dienone is 1. The lowest BCUT2D eigenvalue weighted by Crippen LogP contribution is -2.49. The summed E-state index contributed by atoms with van der Waals surface area (Å²) in [6, 6.07) is 34.4. The van der Waals surface area contributed by atoms with Gasteiger partial charge < -0.3 is 24.8 Å². The first-order valence-corrected chi connectivity index (χ1v) is 19.7. The summed E-state index contributed by atoms with van der Waals surface area (Å²) in [5.41, 5.74) is 9.30. The number of pyridine rings is 1. The van der Waals surface area contributed by atoms with Gasteiger partial charge in [0.1, 0.15) is 30.3 Å². The van der Waals surface area contributed by atoms with E-state index in [4.69, 9.17) is 9.47 Å². The van der Waals surface area contributed by atoms with Crippen molar-refractivity contribution in [1.29, 1.82) is 0 Å². The summed E-state index contributed by atoms with van der Waals surface area (Å²) < 4.78 is 12.5. The van der Waals surface area contributed by atoms with Crippen LogP contribution >= 0.6 is 0 Å². The maximum absolute atomic E-state index is 13.2. The number of aromatic hydroxyl groups is 1. The lowest BCUT2D eigenvalue weighted by Gasteiger charge is -2.35. The van der Waals surface area contributed by atoms with Crippen molar-refractivity contribution in [3.05, 3.63) is 155 Å². The van der Waals surface area contributed by atoms with Gasteiger partial charge in [0.25, 0.3) is 5.91 Å². The van der Waals surface area contributed by atoms with Gasteiger partial charge in [0, 0.05) is 61.2 Å². The molecule has 9 heteroatoms. The van der Waals surface area contributed by atoms with E-state index in [2.05, 4.69) is 82.4 Å². The molecule has 1 aromatic heterocycles. The fraction of sp³-hybridized carbons (Fsp3) is 0.298. The standard InChI is InChI=1S/C47H46N4O5/c1-30-7-19-43(46(53)49-30)51-28-36-25-33(10-17-42(36)47(51)54)35-12-20-44(48-27-35)56-39-21-22-50(29-39)23-24-55-38-14-8-32(9-15-38)45-40(31-5-3-2-4-6-31)16-11-34-26-37(52)13-18-41(34)45/h2-6,8-10,12-15,17-18,20,25-27,39-40,43,45,52H,1,7,11,16,19,21-24,28-29H2,(H,49,53)/t39-,40-,43?,45+/m0/s1. The molecule has 284 valence electrons. The van der Waals surface area contributed by atoms with Gasteiger partial charge in [-0.05, 0) is 114 Å². The number of rotatable bonds is 10. The second kappa shape index (κ2) is 15.3. The minimum Gasteiger partial charge on any atom is -0.508 e. The average molecular weight is 747 g/mol. The third-order valence-corrected chi connectivity index (χ3v) is 12.0. The van der Waals surface area contributed by atoms with Gasteiger partial charge in [0.15, 0.2) is 0 Å². The van der Waals surface area contributed by atoms with E-state index in [0.717, 1.165) is 61.3 Å². The molecule has 2 saturated heterocycles. The van der Waals surface area contributed by atoms with Crippen LogP contribution in [-0.2, 0) is 17.8 Å². The number of amides is 2. The number of piperidine rings is 1. The number of aryl methyl sites for hydroxylation is 1. The van der Waals surface area contributed by atoms with E-state index in [9.17, 15) is 14.7 Å². The number of carbonyl (C=O) groups is 2. The van der Waals surface area contributed by atoms with Crippen LogP contribution in [0, 0.1) is 0 Å². The van der Waals surface area contributed by atoms with Gasteiger partial charge in [-0.15, -0.1) is 0 Å². The fourth-order valence-electron chi connectivity index (χ4n) is 9.06. The highest BCUT2D eigenvalue weighted by Crippen LogP contribution is 2.47. The monoisotopic (exact) mass is 746 g/mol. The van der Waals surface area contributed by atoms with E-state index in [1.165, 1.54) is 22.3 Å². The van der Waals surface area contributed by atoms with Crippen LogP contribution < -0.4 is 14.8 Å². The summed E-state index contributed by atoms with van der Waals surface area (Å²) in [5, 5.41) is 13.0. The molecule has 5 aromatic rings. The molecule has 56 heavy (non-hydrogen) atoms. The number of benzene rings is 4. The highest BCUT2D eigenvalue weighted by Gasteiger charge is 2.38. The Bertz CT molecular complexity index is 2260. The topological polar surface area (TPSA) is 104 Å². The third-order valence-electron chi connectivity index (χ3n) is 12.0. The SMILES string of the molecule is C=C1CCC(N2Cc3cc(-c4ccc(O[C@H]5CCN(CCOc6ccc([C@H]7c8ccc(O)cc8CC[C@H]7c7ccccc7)cc6)C5)nc4)ccc3C2=O)C(=O)N1. The predicted molar refractivity (Wildman–Crippen MR) is 215 cm³/mol. The van der Waals surface area contributed by atoms with Crippen molar-refractivity contribution in [2.24, 2.45) is 0 Å². The van der Waals surface area contributed by atoms with Crippen LogP contribution in [0.25, 0.3) is 11.1 Å². The normalized spacial score (nSPS) is 22.1. The minimum absolute atomic E-state index is 0.0524. The number of carbonyl (C=O) groups excluding carboxylic acids is 2. The summed E-state index contributed by atoms with van der Waals surface area (Å²) in [6.07, 6.45) is 6.04. The van der Waals surface area contributed by atoms with E-state index in [1.54, 1.807) is 4.90 Å². The van der Waals surface area contributed by atoms with Crippen molar-refractivity contribution in [2.75, 3.05) is 26.2 Å². The summed E-state index contributed by atoms with van der Waals surface area (Å²) in [7, 11) is 0. The van der Waals surface area contributed by atoms with Crippen LogP contribution in [0.2, 0.25) is 0 Å². The van der Waals surface area contributed by atoms with Crippen molar-refractivity contribution in [2.45, 2.75) is 62.6 Å². The molecule has 3 aliphatic heterocycles. The molecule has 2 amide bonds. The molecule has 9 nitrogen and oxygen atoms in total. The molecule has 1 unspecified atom stereocenters. The first-order valence-electron chi connectivity index (χ1n) is 19.7. The summed E-state index contributed by atoms with van der Waals surface area (Å²) in [4.78, 5) is 34.4. The van der Waals surface area contributed by atoms with Crippen molar-refractivity contribution in [3.8, 4) is 28.5 Å². The molecule has 9 rings (SSSR count). The van der Waals surface area contributed by atoms with Gasteiger partial charge in [0.05, 0.1) is 0 Å². The number of phenolic OH excluding ortho intramolecular Hbond substituents is 1. The van der Waals surface area contributed by atoms with E-state index < -0.39 is 6.04 Å². The van der Waals surface area contributed by atoms with Gasteiger partial charge in [0.2, 0.25) is 11.8 Å². The molecule has 4 heterocycles. The Balaban J connectivity index is 0.768. The fourth-order valence-corrected chi connectivity index (χ4v) is 9.06. The first kappa shape index (κ1) is 35.8. The molecule has 2 N–H and O–H groups in total. The Morgan fingerprint density at radius 1 is 0.839 bits per heavy atom. The first-order chi connectivity index (χ1) is 27.4. The van der Waals surface area contributed by atoms with Gasteiger partial charge in [-0.3, -0.25) is 14.5 Å². The number of ether oxygens (including phenoxy) is 2. The van der Waals surface area contributed by atoms with E-state index in [-0.39, 0.29) is 23.8 Å². The third kappa shape index (κ3) is 7.27. The minimum atomic E-state index is -0.475. The highest BCUT2D eigenvalue weighted by atomic mass is 16.5. The molecule has 1 aliphatic carbocycles. The lowest BCUT2D eigenvalue weighted by molar-refractivity contribution is -0.126. The van der Waals surface area contributed by atoms with Gasteiger partial charge in [-0.1, -0.05) is 61.2 Å². The number of nitrogens with one attached hydrogen (secondary N) is 1. The largest absolute Gasteiger partial charge is 0.508 e. The molecule has 0 radical (unpaired) electrons. The quantitative estimate of drug-likeness (QED) is 0.152. The van der Waals surface area contributed by atoms with Gasteiger partial charge in [-0.25, -0.2) is 4.98 Å².